The van der Waals surface area contributed by atoms with Gasteiger partial charge in [0.15, 0.2) is 0 Å². The van der Waals surface area contributed by atoms with Crippen molar-refractivity contribution in [3.63, 3.8) is 0 Å². The summed E-state index contributed by atoms with van der Waals surface area (Å²) in [5, 5.41) is 0. The van der Waals surface area contributed by atoms with E-state index in [9.17, 15) is 0 Å². The number of piperazine rings is 1. The third-order valence-corrected chi connectivity index (χ3v) is 2.83. The summed E-state index contributed by atoms with van der Waals surface area (Å²) in [5.41, 5.74) is 8.34. The van der Waals surface area contributed by atoms with Crippen LogP contribution >= 0.6 is 0 Å². The van der Waals surface area contributed by atoms with E-state index in [0.29, 0.717) is 0 Å². The summed E-state index contributed by atoms with van der Waals surface area (Å²) in [6.45, 7) is 10.4. The van der Waals surface area contributed by atoms with Crippen molar-refractivity contribution < 1.29 is 0 Å². The molecule has 86 valence electrons. The van der Waals surface area contributed by atoms with Gasteiger partial charge in [0.2, 0.25) is 0 Å². The van der Waals surface area contributed by atoms with Gasteiger partial charge in [0.05, 0.1) is 5.70 Å². The Balaban J connectivity index is 2.64. The summed E-state index contributed by atoms with van der Waals surface area (Å²) in [4.78, 5) is 4.74. The zero-order valence-electron chi connectivity index (χ0n) is 10.0. The second-order valence-electron chi connectivity index (χ2n) is 3.87. The third kappa shape index (κ3) is 3.25. The molecule has 0 atom stereocenters. The predicted octanol–water partition coefficient (Wildman–Crippen LogP) is 0.375. The van der Waals surface area contributed by atoms with Gasteiger partial charge in [-0.05, 0) is 20.0 Å². The zero-order valence-corrected chi connectivity index (χ0v) is 10.0. The van der Waals surface area contributed by atoms with Crippen LogP contribution in [0.3, 0.4) is 0 Å². The molecule has 0 aromatic heterocycles. The topological polar surface area (TPSA) is 30.5 Å². The van der Waals surface area contributed by atoms with Crippen molar-refractivity contribution in [2.75, 3.05) is 40.3 Å². The van der Waals surface area contributed by atoms with Crippen molar-refractivity contribution in [1.82, 2.24) is 20.7 Å². The standard InChI is InChI=1S/C11H22N4/c1-5-11(13-12-3)10(2)15-8-6-14(4)7-9-15/h5,12-13H,1,6-9H2,2-4H3/b11-10-. The number of nitrogens with one attached hydrogen (secondary N) is 2. The average Bonchev–Trinajstić information content (AvgIpc) is 2.26. The van der Waals surface area contributed by atoms with E-state index in [4.69, 9.17) is 0 Å². The molecule has 1 saturated heterocycles. The van der Waals surface area contributed by atoms with Crippen molar-refractivity contribution in [2.24, 2.45) is 0 Å². The molecule has 0 saturated carbocycles. The maximum absolute atomic E-state index is 3.81. The number of allylic oxidation sites excluding steroid dienone is 2. The molecule has 1 aliphatic heterocycles. The summed E-state index contributed by atoms with van der Waals surface area (Å²) in [7, 11) is 4.03. The van der Waals surface area contributed by atoms with Crippen LogP contribution in [-0.4, -0.2) is 50.1 Å². The minimum absolute atomic E-state index is 1.06. The molecule has 4 heteroatoms. The first kappa shape index (κ1) is 12.1. The highest BCUT2D eigenvalue weighted by Crippen LogP contribution is 2.11. The van der Waals surface area contributed by atoms with Crippen molar-refractivity contribution in [3.8, 4) is 0 Å². The fourth-order valence-electron chi connectivity index (χ4n) is 1.74. The predicted molar refractivity (Wildman–Crippen MR) is 64.2 cm³/mol. The van der Waals surface area contributed by atoms with Gasteiger partial charge in [-0.1, -0.05) is 6.58 Å². The molecule has 0 amide bonds. The van der Waals surface area contributed by atoms with Crippen LogP contribution in [0.5, 0.6) is 0 Å². The van der Waals surface area contributed by atoms with Crippen LogP contribution in [0.25, 0.3) is 0 Å². The monoisotopic (exact) mass is 210 g/mol. The number of rotatable bonds is 4. The van der Waals surface area contributed by atoms with E-state index in [1.165, 1.54) is 5.70 Å². The maximum Gasteiger partial charge on any atom is 0.0670 e. The first-order chi connectivity index (χ1) is 7.19. The number of likely N-dealkylation sites (N-methyl/N-ethyl adjacent to an activating group) is 1. The average molecular weight is 210 g/mol. The molecule has 1 fully saturated rings. The fourth-order valence-corrected chi connectivity index (χ4v) is 1.74. The molecular formula is C11H22N4. The lowest BCUT2D eigenvalue weighted by atomic mass is 10.2. The second-order valence-corrected chi connectivity index (χ2v) is 3.87. The number of hydrogen-bond donors (Lipinski definition) is 2. The maximum atomic E-state index is 3.81. The van der Waals surface area contributed by atoms with Crippen molar-refractivity contribution in [2.45, 2.75) is 6.92 Å². The van der Waals surface area contributed by atoms with Gasteiger partial charge in [0.1, 0.15) is 0 Å². The smallest absolute Gasteiger partial charge is 0.0670 e. The number of nitrogens with zero attached hydrogens (tertiary/aromatic N) is 2. The molecule has 0 bridgehead atoms. The Morgan fingerprint density at radius 3 is 2.33 bits per heavy atom. The molecule has 0 aliphatic carbocycles. The molecular weight excluding hydrogens is 188 g/mol. The van der Waals surface area contributed by atoms with Gasteiger partial charge in [0, 0.05) is 38.9 Å². The second kappa shape index (κ2) is 5.78. The molecule has 15 heavy (non-hydrogen) atoms. The zero-order chi connectivity index (χ0) is 11.3. The summed E-state index contributed by atoms with van der Waals surface area (Å²) >= 11 is 0. The molecule has 0 aromatic rings. The molecule has 1 heterocycles. The summed E-state index contributed by atoms with van der Waals surface area (Å²) in [5.74, 6) is 0. The van der Waals surface area contributed by atoms with Gasteiger partial charge in [-0.15, -0.1) is 0 Å². The number of hydrogen-bond acceptors (Lipinski definition) is 4. The van der Waals surface area contributed by atoms with Crippen molar-refractivity contribution >= 4 is 0 Å². The summed E-state index contributed by atoms with van der Waals surface area (Å²) in [6, 6.07) is 0. The fraction of sp³-hybridized carbons (Fsp3) is 0.636. The quantitative estimate of drug-likeness (QED) is 0.519. The Kier molecular flexibility index (Phi) is 4.65. The van der Waals surface area contributed by atoms with Gasteiger partial charge in [-0.25, -0.2) is 5.43 Å². The van der Waals surface area contributed by atoms with E-state index in [1.54, 1.807) is 0 Å². The summed E-state index contributed by atoms with van der Waals surface area (Å²) in [6.07, 6.45) is 1.85. The molecule has 4 nitrogen and oxygen atoms in total. The molecule has 1 aliphatic rings. The minimum atomic E-state index is 1.06. The van der Waals surface area contributed by atoms with Gasteiger partial charge < -0.3 is 15.2 Å². The highest BCUT2D eigenvalue weighted by atomic mass is 15.4. The number of hydrazine groups is 1. The van der Waals surface area contributed by atoms with E-state index < -0.39 is 0 Å². The Hall–Kier alpha value is -1.00. The van der Waals surface area contributed by atoms with Crippen LogP contribution in [0.4, 0.5) is 0 Å². The molecule has 2 N–H and O–H groups in total. The van der Waals surface area contributed by atoms with E-state index in [1.807, 2.05) is 13.1 Å². The Morgan fingerprint density at radius 2 is 1.87 bits per heavy atom. The lowest BCUT2D eigenvalue weighted by Crippen LogP contribution is -2.44. The van der Waals surface area contributed by atoms with Gasteiger partial charge in [-0.2, -0.15) is 0 Å². The van der Waals surface area contributed by atoms with E-state index >= 15 is 0 Å². The van der Waals surface area contributed by atoms with Crippen LogP contribution in [0, 0.1) is 0 Å². The lowest BCUT2D eigenvalue weighted by molar-refractivity contribution is 0.185. The lowest BCUT2D eigenvalue weighted by Gasteiger charge is -2.35. The minimum Gasteiger partial charge on any atom is -0.371 e. The van der Waals surface area contributed by atoms with Crippen LogP contribution in [-0.2, 0) is 0 Å². The molecule has 0 aromatic carbocycles. The SMILES string of the molecule is C=C/C(NNC)=C(\C)N1CCN(C)CC1. The largest absolute Gasteiger partial charge is 0.371 e. The third-order valence-electron chi connectivity index (χ3n) is 2.83. The van der Waals surface area contributed by atoms with Crippen molar-refractivity contribution in [3.05, 3.63) is 24.0 Å². The van der Waals surface area contributed by atoms with E-state index in [0.717, 1.165) is 31.9 Å². The van der Waals surface area contributed by atoms with Crippen LogP contribution in [0.2, 0.25) is 0 Å². The van der Waals surface area contributed by atoms with E-state index in [-0.39, 0.29) is 0 Å². The van der Waals surface area contributed by atoms with Gasteiger partial charge in [0.25, 0.3) is 0 Å². The van der Waals surface area contributed by atoms with Crippen LogP contribution < -0.4 is 10.9 Å². The first-order valence-corrected chi connectivity index (χ1v) is 5.38. The highest BCUT2D eigenvalue weighted by molar-refractivity contribution is 5.20. The first-order valence-electron chi connectivity index (χ1n) is 5.38. The molecule has 0 unspecified atom stereocenters. The van der Waals surface area contributed by atoms with Gasteiger partial charge in [-0.3, -0.25) is 0 Å². The van der Waals surface area contributed by atoms with Crippen LogP contribution in [0.15, 0.2) is 24.0 Å². The van der Waals surface area contributed by atoms with Crippen LogP contribution in [0.1, 0.15) is 6.92 Å². The highest BCUT2D eigenvalue weighted by Gasteiger charge is 2.15. The van der Waals surface area contributed by atoms with E-state index in [2.05, 4.69) is 41.2 Å². The van der Waals surface area contributed by atoms with Gasteiger partial charge >= 0.3 is 0 Å². The van der Waals surface area contributed by atoms with Crippen molar-refractivity contribution in [1.29, 1.82) is 0 Å². The molecule has 1 rings (SSSR count). The summed E-state index contributed by atoms with van der Waals surface area (Å²) < 4.78 is 0. The normalized spacial score (nSPS) is 19.8. The Morgan fingerprint density at radius 1 is 1.27 bits per heavy atom. The molecule has 0 spiro atoms. The molecule has 0 radical (unpaired) electrons. The Bertz CT molecular complexity index is 239. The Labute approximate surface area is 92.6 Å².